The van der Waals surface area contributed by atoms with E-state index in [-0.39, 0.29) is 31.0 Å². The molecule has 3 rings (SSSR count). The Balaban J connectivity index is 1.93. The lowest BCUT2D eigenvalue weighted by Crippen LogP contribution is -2.39. The Morgan fingerprint density at radius 1 is 1.33 bits per heavy atom. The van der Waals surface area contributed by atoms with Crippen molar-refractivity contribution in [3.8, 4) is 0 Å². The number of alkyl halides is 3. The number of carboxylic acid groups (broad SMARTS) is 1. The average molecular weight is 388 g/mol. The summed E-state index contributed by atoms with van der Waals surface area (Å²) in [5, 5.41) is 11.2. The summed E-state index contributed by atoms with van der Waals surface area (Å²) in [5.74, 6) is -2.12. The molecule has 0 spiro atoms. The number of nitrogens with one attached hydrogen (secondary N) is 1. The van der Waals surface area contributed by atoms with E-state index in [4.69, 9.17) is 9.63 Å². The van der Waals surface area contributed by atoms with E-state index < -0.39 is 35.1 Å². The van der Waals surface area contributed by atoms with Gasteiger partial charge in [0.25, 0.3) is 5.56 Å². The Morgan fingerprint density at radius 2 is 2.07 bits per heavy atom. The summed E-state index contributed by atoms with van der Waals surface area (Å²) in [6.45, 7) is -0.119. The highest BCUT2D eigenvalue weighted by atomic mass is 19.4. The van der Waals surface area contributed by atoms with Crippen molar-refractivity contribution in [2.75, 3.05) is 13.1 Å². The first-order chi connectivity index (χ1) is 12.6. The summed E-state index contributed by atoms with van der Waals surface area (Å²) in [6, 6.07) is 2.72. The van der Waals surface area contributed by atoms with Crippen LogP contribution in [0.1, 0.15) is 41.7 Å². The SMILES string of the molecule is O=C(O)CN1CCC(c2cc(=O)[nH]o2)CC1c1ccc(C(F)(F)F)cc1F. The molecule has 0 saturated carbocycles. The van der Waals surface area contributed by atoms with E-state index in [1.807, 2.05) is 0 Å². The van der Waals surface area contributed by atoms with E-state index in [9.17, 15) is 27.2 Å². The molecule has 2 N–H and O–H groups in total. The van der Waals surface area contributed by atoms with Gasteiger partial charge in [-0.3, -0.25) is 14.5 Å². The predicted octanol–water partition coefficient (Wildman–Crippen LogP) is 3.13. The van der Waals surface area contributed by atoms with Gasteiger partial charge in [-0.1, -0.05) is 6.07 Å². The number of benzene rings is 1. The van der Waals surface area contributed by atoms with Crippen LogP contribution in [0.4, 0.5) is 17.6 Å². The van der Waals surface area contributed by atoms with Crippen molar-refractivity contribution in [3.05, 3.63) is 57.3 Å². The Bertz CT molecular complexity index is 890. The fourth-order valence-corrected chi connectivity index (χ4v) is 3.43. The first-order valence-corrected chi connectivity index (χ1v) is 8.16. The van der Waals surface area contributed by atoms with E-state index in [1.165, 1.54) is 11.0 Å². The number of H-pyrrole nitrogens is 1. The molecule has 6 nitrogen and oxygen atoms in total. The smallest absolute Gasteiger partial charge is 0.416 e. The van der Waals surface area contributed by atoms with Gasteiger partial charge in [0.1, 0.15) is 11.6 Å². The van der Waals surface area contributed by atoms with Gasteiger partial charge in [-0.15, -0.1) is 0 Å². The quantitative estimate of drug-likeness (QED) is 0.786. The fraction of sp³-hybridized carbons (Fsp3) is 0.412. The average Bonchev–Trinajstić information content (AvgIpc) is 3.00. The monoisotopic (exact) mass is 388 g/mol. The van der Waals surface area contributed by atoms with E-state index in [1.54, 1.807) is 0 Å². The number of aliphatic carboxylic acids is 1. The molecule has 2 heterocycles. The predicted molar refractivity (Wildman–Crippen MR) is 84.7 cm³/mol. The maximum Gasteiger partial charge on any atom is 0.416 e. The normalized spacial score (nSPS) is 21.3. The number of halogens is 4. The lowest BCUT2D eigenvalue weighted by atomic mass is 9.85. The molecule has 1 aliphatic heterocycles. The Labute approximate surface area is 150 Å². The van der Waals surface area contributed by atoms with E-state index in [2.05, 4.69) is 5.16 Å². The third kappa shape index (κ3) is 4.21. The van der Waals surface area contributed by atoms with Crippen LogP contribution in [0.2, 0.25) is 0 Å². The van der Waals surface area contributed by atoms with Crippen LogP contribution in [0, 0.1) is 5.82 Å². The van der Waals surface area contributed by atoms with Gasteiger partial charge >= 0.3 is 12.1 Å². The van der Waals surface area contributed by atoms with Crippen LogP contribution < -0.4 is 5.56 Å². The van der Waals surface area contributed by atoms with Crippen LogP contribution in [0.3, 0.4) is 0 Å². The van der Waals surface area contributed by atoms with E-state index >= 15 is 0 Å². The third-order valence-electron chi connectivity index (χ3n) is 4.68. The lowest BCUT2D eigenvalue weighted by Gasteiger charge is -2.38. The largest absolute Gasteiger partial charge is 0.480 e. The molecule has 1 saturated heterocycles. The maximum absolute atomic E-state index is 14.5. The second-order valence-corrected chi connectivity index (χ2v) is 6.45. The van der Waals surface area contributed by atoms with Crippen LogP contribution in [-0.4, -0.2) is 34.2 Å². The molecule has 2 aromatic rings. The van der Waals surface area contributed by atoms with Crippen LogP contribution in [0.5, 0.6) is 0 Å². The molecule has 1 aliphatic rings. The highest BCUT2D eigenvalue weighted by molar-refractivity contribution is 5.69. The van der Waals surface area contributed by atoms with Gasteiger partial charge in [0.05, 0.1) is 12.1 Å². The zero-order valence-corrected chi connectivity index (χ0v) is 13.9. The number of hydrogen-bond donors (Lipinski definition) is 2. The first-order valence-electron chi connectivity index (χ1n) is 8.16. The number of rotatable bonds is 4. The number of aromatic amines is 1. The van der Waals surface area contributed by atoms with Crippen molar-refractivity contribution < 1.29 is 32.0 Å². The molecular weight excluding hydrogens is 372 g/mol. The molecule has 0 aliphatic carbocycles. The topological polar surface area (TPSA) is 86.5 Å². The van der Waals surface area contributed by atoms with Crippen molar-refractivity contribution in [3.63, 3.8) is 0 Å². The van der Waals surface area contributed by atoms with Crippen molar-refractivity contribution >= 4 is 5.97 Å². The highest BCUT2D eigenvalue weighted by Gasteiger charge is 2.36. The summed E-state index contributed by atoms with van der Waals surface area (Å²) in [7, 11) is 0. The van der Waals surface area contributed by atoms with Gasteiger partial charge in [-0.25, -0.2) is 4.39 Å². The minimum atomic E-state index is -4.68. The molecule has 10 heteroatoms. The molecule has 1 fully saturated rings. The first kappa shape index (κ1) is 19.2. The van der Waals surface area contributed by atoms with Crippen LogP contribution in [0.25, 0.3) is 0 Å². The summed E-state index contributed by atoms with van der Waals surface area (Å²) >= 11 is 0. The van der Waals surface area contributed by atoms with Gasteiger partial charge < -0.3 is 9.63 Å². The lowest BCUT2D eigenvalue weighted by molar-refractivity contribution is -0.139. The van der Waals surface area contributed by atoms with Gasteiger partial charge in [0.15, 0.2) is 0 Å². The zero-order chi connectivity index (χ0) is 19.8. The standard InChI is InChI=1S/C17H16F4N2O4/c18-12-6-10(17(19,20)21)1-2-11(12)13-5-9(14-7-15(24)22-27-14)3-4-23(13)8-16(25)26/h1-2,6-7,9,13H,3-5,8H2,(H,22,24)(H,25,26). The van der Waals surface area contributed by atoms with Crippen molar-refractivity contribution in [1.82, 2.24) is 10.1 Å². The molecule has 0 radical (unpaired) electrons. The molecule has 0 bridgehead atoms. The van der Waals surface area contributed by atoms with Gasteiger partial charge in [0, 0.05) is 30.1 Å². The maximum atomic E-state index is 14.5. The van der Waals surface area contributed by atoms with E-state index in [0.717, 1.165) is 12.1 Å². The number of nitrogens with zero attached hydrogens (tertiary/aromatic N) is 1. The summed E-state index contributed by atoms with van der Waals surface area (Å²) in [4.78, 5) is 23.9. The van der Waals surface area contributed by atoms with Crippen molar-refractivity contribution in [2.45, 2.75) is 31.0 Å². The van der Waals surface area contributed by atoms with Crippen molar-refractivity contribution in [1.29, 1.82) is 0 Å². The van der Waals surface area contributed by atoms with Gasteiger partial charge in [-0.2, -0.15) is 18.3 Å². The Hall–Kier alpha value is -2.62. The zero-order valence-electron chi connectivity index (χ0n) is 13.9. The number of carboxylic acids is 1. The Morgan fingerprint density at radius 3 is 2.63 bits per heavy atom. The number of carbonyl (C=O) groups is 1. The van der Waals surface area contributed by atoms with E-state index in [0.29, 0.717) is 18.2 Å². The summed E-state index contributed by atoms with van der Waals surface area (Å²) in [5.41, 5.74) is -1.57. The van der Waals surface area contributed by atoms with Crippen LogP contribution in [0.15, 0.2) is 33.6 Å². The minimum absolute atomic E-state index is 0.0215. The number of likely N-dealkylation sites (tertiary alicyclic amines) is 1. The molecule has 1 aromatic carbocycles. The molecule has 0 amide bonds. The van der Waals surface area contributed by atoms with Crippen LogP contribution in [-0.2, 0) is 11.0 Å². The number of hydrogen-bond acceptors (Lipinski definition) is 4. The molecule has 1 aromatic heterocycles. The van der Waals surface area contributed by atoms with Gasteiger partial charge in [-0.05, 0) is 25.0 Å². The Kier molecular flexibility index (Phi) is 5.09. The second-order valence-electron chi connectivity index (χ2n) is 6.45. The summed E-state index contributed by atoms with van der Waals surface area (Å²) in [6.07, 6.45) is -4.01. The van der Waals surface area contributed by atoms with Gasteiger partial charge in [0.2, 0.25) is 0 Å². The van der Waals surface area contributed by atoms with Crippen molar-refractivity contribution in [2.24, 2.45) is 0 Å². The second kappa shape index (κ2) is 7.18. The third-order valence-corrected chi connectivity index (χ3v) is 4.68. The molecule has 2 atom stereocenters. The molecular formula is C17H16F4N2O4. The molecule has 27 heavy (non-hydrogen) atoms. The molecule has 2 unspecified atom stereocenters. The fourth-order valence-electron chi connectivity index (χ4n) is 3.43. The van der Waals surface area contributed by atoms with Crippen LogP contribution >= 0.6 is 0 Å². The minimum Gasteiger partial charge on any atom is -0.480 e. The molecule has 146 valence electrons. The number of aromatic nitrogens is 1. The summed E-state index contributed by atoms with van der Waals surface area (Å²) < 4.78 is 57.9. The highest BCUT2D eigenvalue weighted by Crippen LogP contribution is 2.40. The number of piperidine rings is 1.